The molecule has 0 radical (unpaired) electrons. The van der Waals surface area contributed by atoms with Gasteiger partial charge in [-0.2, -0.15) is 0 Å². The van der Waals surface area contributed by atoms with Gasteiger partial charge in [0.1, 0.15) is 11.1 Å². The molecule has 2 aliphatic rings. The molecule has 0 aliphatic carbocycles. The molecule has 2 aliphatic heterocycles. The smallest absolute Gasteiger partial charge is 0.272 e. The fourth-order valence-electron chi connectivity index (χ4n) is 2.51. The van der Waals surface area contributed by atoms with E-state index >= 15 is 0 Å². The molecule has 3 rings (SSSR count). The average molecular weight is 288 g/mol. The molecule has 0 bridgehead atoms. The number of thioether (sulfide) groups is 1. The lowest BCUT2D eigenvalue weighted by atomic mass is 10.1. The van der Waals surface area contributed by atoms with Crippen LogP contribution in [0.15, 0.2) is 35.3 Å². The Morgan fingerprint density at radius 3 is 2.80 bits per heavy atom. The molecule has 2 heterocycles. The fourth-order valence-corrected chi connectivity index (χ4v) is 3.89. The molecule has 1 atom stereocenters. The maximum absolute atomic E-state index is 11.9. The van der Waals surface area contributed by atoms with E-state index in [2.05, 4.69) is 18.8 Å². The predicted molar refractivity (Wildman–Crippen MR) is 79.8 cm³/mol. The second kappa shape index (κ2) is 4.74. The van der Waals surface area contributed by atoms with Crippen LogP contribution in [-0.2, 0) is 16.0 Å². The number of benzene rings is 1. The number of carbonyl (C=O) groups excluding carboxylic acids is 2. The third kappa shape index (κ3) is 2.38. The van der Waals surface area contributed by atoms with Crippen LogP contribution < -0.4 is 0 Å². The van der Waals surface area contributed by atoms with Gasteiger partial charge in [-0.05, 0) is 19.4 Å². The molecule has 0 spiro atoms. The molecular weight excluding hydrogens is 272 g/mol. The molecule has 2 fully saturated rings. The highest BCUT2D eigenvalue weighted by Crippen LogP contribution is 2.44. The first-order valence-corrected chi connectivity index (χ1v) is 7.48. The monoisotopic (exact) mass is 288 g/mol. The molecule has 4 nitrogen and oxygen atoms in total. The van der Waals surface area contributed by atoms with Crippen LogP contribution in [0.4, 0.5) is 0 Å². The first-order chi connectivity index (χ1) is 9.46. The maximum Gasteiger partial charge on any atom is 0.272 e. The highest BCUT2D eigenvalue weighted by atomic mass is 32.2. The van der Waals surface area contributed by atoms with Crippen molar-refractivity contribution in [2.45, 2.75) is 30.4 Å². The Balaban J connectivity index is 1.71. The largest absolute Gasteiger partial charge is 0.318 e. The second-order valence-electron chi connectivity index (χ2n) is 5.72. The van der Waals surface area contributed by atoms with Crippen LogP contribution in [0.1, 0.15) is 19.4 Å². The van der Waals surface area contributed by atoms with E-state index < -0.39 is 0 Å². The summed E-state index contributed by atoms with van der Waals surface area (Å²) in [5.74, 6) is -0.334. The lowest BCUT2D eigenvalue weighted by molar-refractivity contribution is -0.128. The topological polar surface area (TPSA) is 49.7 Å². The first kappa shape index (κ1) is 13.4. The van der Waals surface area contributed by atoms with E-state index in [1.165, 1.54) is 0 Å². The zero-order chi connectivity index (χ0) is 14.3. The van der Waals surface area contributed by atoms with Gasteiger partial charge in [0.05, 0.1) is 6.42 Å². The van der Waals surface area contributed by atoms with Crippen molar-refractivity contribution in [3.63, 3.8) is 0 Å². The zero-order valence-corrected chi connectivity index (χ0v) is 12.3. The van der Waals surface area contributed by atoms with Crippen LogP contribution >= 0.6 is 11.8 Å². The highest BCUT2D eigenvalue weighted by molar-refractivity contribution is 8.02. The van der Waals surface area contributed by atoms with Crippen molar-refractivity contribution in [3.05, 3.63) is 35.9 Å². The summed E-state index contributed by atoms with van der Waals surface area (Å²) >= 11 is 1.70. The number of β-lactam (4-membered cyclic amide) rings is 1. The van der Waals surface area contributed by atoms with Gasteiger partial charge in [0.2, 0.25) is 0 Å². The van der Waals surface area contributed by atoms with Gasteiger partial charge in [0.25, 0.3) is 11.8 Å². The molecular formula is C15H16N2O2S. The average Bonchev–Trinajstić information content (AvgIpc) is 2.70. The van der Waals surface area contributed by atoms with Gasteiger partial charge >= 0.3 is 0 Å². The quantitative estimate of drug-likeness (QED) is 0.781. The molecule has 2 amide bonds. The normalized spacial score (nSPS) is 25.5. The Bertz CT molecular complexity index is 595. The Morgan fingerprint density at radius 2 is 2.10 bits per heavy atom. The van der Waals surface area contributed by atoms with Crippen LogP contribution in [0.2, 0.25) is 0 Å². The molecule has 1 unspecified atom stereocenters. The van der Waals surface area contributed by atoms with Gasteiger partial charge in [-0.3, -0.25) is 9.59 Å². The summed E-state index contributed by atoms with van der Waals surface area (Å²) in [7, 11) is 0. The summed E-state index contributed by atoms with van der Waals surface area (Å²) in [4.78, 5) is 29.7. The van der Waals surface area contributed by atoms with Crippen LogP contribution in [0.25, 0.3) is 0 Å². The van der Waals surface area contributed by atoms with Crippen molar-refractivity contribution in [2.75, 3.05) is 6.54 Å². The number of hydrogen-bond acceptors (Lipinski definition) is 3. The van der Waals surface area contributed by atoms with Crippen LogP contribution in [0, 0.1) is 0 Å². The van der Waals surface area contributed by atoms with Crippen LogP contribution in [0.5, 0.6) is 0 Å². The van der Waals surface area contributed by atoms with Crippen molar-refractivity contribution < 1.29 is 9.59 Å². The van der Waals surface area contributed by atoms with Gasteiger partial charge in [0, 0.05) is 11.3 Å². The fraction of sp³-hybridized carbons (Fsp3) is 0.400. The van der Waals surface area contributed by atoms with Crippen molar-refractivity contribution in [1.29, 1.82) is 0 Å². The van der Waals surface area contributed by atoms with E-state index in [0.717, 1.165) is 12.1 Å². The molecule has 104 valence electrons. The molecule has 2 saturated heterocycles. The SMILES string of the molecule is CC1(C)CN2C(=O)/C(=N\C(=O)Cc3ccccc3)C2S1. The number of aliphatic imine (C=N–C) groups is 1. The molecule has 20 heavy (non-hydrogen) atoms. The summed E-state index contributed by atoms with van der Waals surface area (Å²) < 4.78 is 0.0417. The van der Waals surface area contributed by atoms with E-state index in [9.17, 15) is 9.59 Å². The summed E-state index contributed by atoms with van der Waals surface area (Å²) in [6.07, 6.45) is 0.248. The molecule has 1 aromatic carbocycles. The summed E-state index contributed by atoms with van der Waals surface area (Å²) in [6.45, 7) is 4.94. The Kier molecular flexibility index (Phi) is 3.17. The van der Waals surface area contributed by atoms with Crippen molar-refractivity contribution in [3.8, 4) is 0 Å². The van der Waals surface area contributed by atoms with Gasteiger partial charge < -0.3 is 4.90 Å². The molecule has 5 heteroatoms. The summed E-state index contributed by atoms with van der Waals surface area (Å²) in [5, 5.41) is -0.0303. The minimum atomic E-state index is -0.246. The van der Waals surface area contributed by atoms with Crippen molar-refractivity contribution in [2.24, 2.45) is 4.99 Å². The number of fused-ring (bicyclic) bond motifs is 1. The Hall–Kier alpha value is -1.62. The first-order valence-electron chi connectivity index (χ1n) is 6.60. The van der Waals surface area contributed by atoms with Gasteiger partial charge in [-0.25, -0.2) is 4.99 Å². The summed E-state index contributed by atoms with van der Waals surface area (Å²) in [6, 6.07) is 9.47. The Morgan fingerprint density at radius 1 is 1.40 bits per heavy atom. The van der Waals surface area contributed by atoms with E-state index in [0.29, 0.717) is 5.71 Å². The number of amides is 2. The van der Waals surface area contributed by atoms with Gasteiger partial charge in [-0.1, -0.05) is 30.3 Å². The Labute approximate surface area is 122 Å². The zero-order valence-electron chi connectivity index (χ0n) is 11.5. The van der Waals surface area contributed by atoms with E-state index in [4.69, 9.17) is 0 Å². The third-order valence-corrected chi connectivity index (χ3v) is 4.89. The number of nitrogens with zero attached hydrogens (tertiary/aromatic N) is 2. The van der Waals surface area contributed by atoms with Crippen molar-refractivity contribution in [1.82, 2.24) is 4.90 Å². The number of hydrogen-bond donors (Lipinski definition) is 0. The third-order valence-electron chi connectivity index (χ3n) is 3.42. The standard InChI is InChI=1S/C15H16N2O2S/c1-15(2)9-17-13(19)12(14(17)20-15)16-11(18)8-10-6-4-3-5-7-10/h3-7,14H,8-9H2,1-2H3/b16-12+. The number of carbonyl (C=O) groups is 2. The minimum Gasteiger partial charge on any atom is -0.318 e. The van der Waals surface area contributed by atoms with E-state index in [-0.39, 0.29) is 28.4 Å². The maximum atomic E-state index is 11.9. The molecule has 0 N–H and O–H groups in total. The van der Waals surface area contributed by atoms with E-state index in [1.54, 1.807) is 16.7 Å². The van der Waals surface area contributed by atoms with Gasteiger partial charge in [-0.15, -0.1) is 11.8 Å². The lowest BCUT2D eigenvalue weighted by Crippen LogP contribution is -2.57. The second-order valence-corrected chi connectivity index (χ2v) is 7.50. The van der Waals surface area contributed by atoms with Crippen molar-refractivity contribution >= 4 is 29.3 Å². The lowest BCUT2D eigenvalue weighted by Gasteiger charge is -2.34. The highest BCUT2D eigenvalue weighted by Gasteiger charge is 2.53. The molecule has 0 saturated carbocycles. The molecule has 1 aromatic rings. The van der Waals surface area contributed by atoms with Crippen LogP contribution in [0.3, 0.4) is 0 Å². The van der Waals surface area contributed by atoms with Gasteiger partial charge in [0.15, 0.2) is 0 Å². The predicted octanol–water partition coefficient (Wildman–Crippen LogP) is 1.89. The number of rotatable bonds is 2. The molecule has 0 aromatic heterocycles. The summed E-state index contributed by atoms with van der Waals surface area (Å²) in [5.41, 5.74) is 1.34. The minimum absolute atomic E-state index is 0.0303. The van der Waals surface area contributed by atoms with Crippen LogP contribution in [-0.4, -0.2) is 39.1 Å². The van der Waals surface area contributed by atoms with E-state index in [1.807, 2.05) is 30.3 Å².